The summed E-state index contributed by atoms with van der Waals surface area (Å²) >= 11 is 1.75. The molecule has 25 heavy (non-hydrogen) atoms. The zero-order chi connectivity index (χ0) is 17.9. The standard InChI is InChI=1S/C16H20N4O3S2/c1-19-6-5-17-15(19)12-18-16(21)13-3-2-4-14(11-13)25(22,23)20-7-9-24-10-8-20/h2-6,11H,7-10,12H2,1H3,(H,18,21). The second-order valence-electron chi connectivity index (χ2n) is 5.68. The molecule has 1 amide bonds. The van der Waals surface area contributed by atoms with Crippen LogP contribution in [0.4, 0.5) is 0 Å². The maximum atomic E-state index is 12.7. The van der Waals surface area contributed by atoms with Crippen LogP contribution < -0.4 is 5.32 Å². The molecule has 0 aliphatic carbocycles. The molecule has 0 spiro atoms. The molecule has 2 heterocycles. The Labute approximate surface area is 151 Å². The van der Waals surface area contributed by atoms with Gasteiger partial charge in [0.05, 0.1) is 11.4 Å². The summed E-state index contributed by atoms with van der Waals surface area (Å²) in [4.78, 5) is 16.6. The van der Waals surface area contributed by atoms with E-state index in [1.54, 1.807) is 36.3 Å². The van der Waals surface area contributed by atoms with Crippen molar-refractivity contribution in [3.05, 3.63) is 48.0 Å². The number of amides is 1. The van der Waals surface area contributed by atoms with Gasteiger partial charge in [-0.05, 0) is 18.2 Å². The Morgan fingerprint density at radius 3 is 2.76 bits per heavy atom. The molecule has 0 saturated carbocycles. The van der Waals surface area contributed by atoms with Crippen LogP contribution in [0.2, 0.25) is 0 Å². The first kappa shape index (κ1) is 18.0. The summed E-state index contributed by atoms with van der Waals surface area (Å²) in [6.45, 7) is 1.29. The molecule has 0 atom stereocenters. The van der Waals surface area contributed by atoms with E-state index in [-0.39, 0.29) is 17.3 Å². The predicted octanol–water partition coefficient (Wildman–Crippen LogP) is 1.09. The minimum Gasteiger partial charge on any atom is -0.345 e. The fourth-order valence-corrected chi connectivity index (χ4v) is 5.18. The van der Waals surface area contributed by atoms with Crippen LogP contribution in [0, 0.1) is 0 Å². The number of nitrogens with one attached hydrogen (secondary N) is 1. The number of rotatable bonds is 5. The molecule has 134 valence electrons. The van der Waals surface area contributed by atoms with Crippen molar-refractivity contribution in [3.63, 3.8) is 0 Å². The number of carbonyl (C=O) groups excluding carboxylic acids is 1. The maximum Gasteiger partial charge on any atom is 0.251 e. The molecule has 2 aromatic rings. The monoisotopic (exact) mass is 380 g/mol. The quantitative estimate of drug-likeness (QED) is 0.839. The highest BCUT2D eigenvalue weighted by Crippen LogP contribution is 2.21. The predicted molar refractivity (Wildman–Crippen MR) is 96.9 cm³/mol. The first-order valence-electron chi connectivity index (χ1n) is 7.91. The smallest absolute Gasteiger partial charge is 0.251 e. The zero-order valence-electron chi connectivity index (χ0n) is 13.9. The largest absolute Gasteiger partial charge is 0.345 e. The van der Waals surface area contributed by atoms with Gasteiger partial charge in [0.15, 0.2) is 0 Å². The third-order valence-electron chi connectivity index (χ3n) is 4.03. The molecule has 9 heteroatoms. The molecule has 3 rings (SSSR count). The molecular formula is C16H20N4O3S2. The van der Waals surface area contributed by atoms with Gasteiger partial charge in [-0.1, -0.05) is 6.07 Å². The topological polar surface area (TPSA) is 84.3 Å². The highest BCUT2D eigenvalue weighted by molar-refractivity contribution is 7.99. The SMILES string of the molecule is Cn1ccnc1CNC(=O)c1cccc(S(=O)(=O)N2CCSCC2)c1. The summed E-state index contributed by atoms with van der Waals surface area (Å²) in [7, 11) is -1.71. The number of imidazole rings is 1. The third kappa shape index (κ3) is 4.05. The molecule has 1 saturated heterocycles. The molecular weight excluding hydrogens is 360 g/mol. The van der Waals surface area contributed by atoms with Gasteiger partial charge in [0.25, 0.3) is 5.91 Å². The second-order valence-corrected chi connectivity index (χ2v) is 8.84. The number of aromatic nitrogens is 2. The minimum atomic E-state index is -3.56. The molecule has 1 aliphatic heterocycles. The van der Waals surface area contributed by atoms with E-state index in [1.807, 2.05) is 11.6 Å². The van der Waals surface area contributed by atoms with Crippen molar-refractivity contribution in [2.45, 2.75) is 11.4 Å². The van der Waals surface area contributed by atoms with Crippen LogP contribution in [0.3, 0.4) is 0 Å². The van der Waals surface area contributed by atoms with E-state index in [1.165, 1.54) is 16.4 Å². The van der Waals surface area contributed by atoms with Gasteiger partial charge in [0.2, 0.25) is 10.0 Å². The van der Waals surface area contributed by atoms with Crippen LogP contribution in [-0.2, 0) is 23.6 Å². The van der Waals surface area contributed by atoms with Gasteiger partial charge in [-0.2, -0.15) is 16.1 Å². The third-order valence-corrected chi connectivity index (χ3v) is 6.87. The summed E-state index contributed by atoms with van der Waals surface area (Å²) in [6, 6.07) is 6.18. The van der Waals surface area contributed by atoms with Crippen molar-refractivity contribution in [2.24, 2.45) is 7.05 Å². The van der Waals surface area contributed by atoms with Crippen LogP contribution in [0.1, 0.15) is 16.2 Å². The van der Waals surface area contributed by atoms with E-state index in [2.05, 4.69) is 10.3 Å². The van der Waals surface area contributed by atoms with E-state index in [9.17, 15) is 13.2 Å². The van der Waals surface area contributed by atoms with Crippen molar-refractivity contribution in [2.75, 3.05) is 24.6 Å². The average molecular weight is 380 g/mol. The highest BCUT2D eigenvalue weighted by atomic mass is 32.2. The first-order chi connectivity index (χ1) is 12.0. The Morgan fingerprint density at radius 2 is 2.08 bits per heavy atom. The second kappa shape index (κ2) is 7.59. The fraction of sp³-hybridized carbons (Fsp3) is 0.375. The lowest BCUT2D eigenvalue weighted by Gasteiger charge is -2.25. The summed E-state index contributed by atoms with van der Waals surface area (Å²) in [5, 5.41) is 2.77. The summed E-state index contributed by atoms with van der Waals surface area (Å²) in [5.41, 5.74) is 0.321. The molecule has 1 N–H and O–H groups in total. The van der Waals surface area contributed by atoms with Crippen molar-refractivity contribution >= 4 is 27.7 Å². The Bertz CT molecular complexity index is 858. The number of sulfonamides is 1. The van der Waals surface area contributed by atoms with Gasteiger partial charge in [-0.25, -0.2) is 13.4 Å². The average Bonchev–Trinajstić information content (AvgIpc) is 3.05. The zero-order valence-corrected chi connectivity index (χ0v) is 15.5. The molecule has 1 fully saturated rings. The molecule has 0 radical (unpaired) electrons. The minimum absolute atomic E-state index is 0.157. The van der Waals surface area contributed by atoms with Crippen molar-refractivity contribution in [1.29, 1.82) is 0 Å². The lowest BCUT2D eigenvalue weighted by Crippen LogP contribution is -2.38. The van der Waals surface area contributed by atoms with Gasteiger partial charge in [0.1, 0.15) is 5.82 Å². The molecule has 0 bridgehead atoms. The van der Waals surface area contributed by atoms with Gasteiger partial charge >= 0.3 is 0 Å². The van der Waals surface area contributed by atoms with Gasteiger partial charge < -0.3 is 9.88 Å². The summed E-state index contributed by atoms with van der Waals surface area (Å²) < 4.78 is 28.7. The van der Waals surface area contributed by atoms with E-state index >= 15 is 0 Å². The molecule has 1 aromatic heterocycles. The normalized spacial score (nSPS) is 15.9. The summed E-state index contributed by atoms with van der Waals surface area (Å²) in [6.07, 6.45) is 3.46. The maximum absolute atomic E-state index is 12.7. The van der Waals surface area contributed by atoms with E-state index in [0.29, 0.717) is 18.7 Å². The number of aryl methyl sites for hydroxylation is 1. The van der Waals surface area contributed by atoms with Crippen molar-refractivity contribution < 1.29 is 13.2 Å². The molecule has 7 nitrogen and oxygen atoms in total. The van der Waals surface area contributed by atoms with Crippen molar-refractivity contribution in [1.82, 2.24) is 19.2 Å². The lowest BCUT2D eigenvalue weighted by molar-refractivity contribution is 0.0949. The van der Waals surface area contributed by atoms with Crippen LogP contribution in [0.15, 0.2) is 41.6 Å². The van der Waals surface area contributed by atoms with Gasteiger partial charge in [0, 0.05) is 49.6 Å². The fourth-order valence-electron chi connectivity index (χ4n) is 2.56. The number of hydrogen-bond donors (Lipinski definition) is 1. The van der Waals surface area contributed by atoms with Crippen LogP contribution in [0.25, 0.3) is 0 Å². The Morgan fingerprint density at radius 1 is 1.32 bits per heavy atom. The first-order valence-corrected chi connectivity index (χ1v) is 10.5. The van der Waals surface area contributed by atoms with E-state index in [4.69, 9.17) is 0 Å². The molecule has 1 aliphatic rings. The highest BCUT2D eigenvalue weighted by Gasteiger charge is 2.26. The molecule has 1 aromatic carbocycles. The Balaban J connectivity index is 1.74. The van der Waals surface area contributed by atoms with Crippen LogP contribution in [0.5, 0.6) is 0 Å². The van der Waals surface area contributed by atoms with Crippen molar-refractivity contribution in [3.8, 4) is 0 Å². The van der Waals surface area contributed by atoms with E-state index < -0.39 is 10.0 Å². The number of hydrogen-bond acceptors (Lipinski definition) is 5. The van der Waals surface area contributed by atoms with Crippen LogP contribution in [-0.4, -0.2) is 52.8 Å². The Hall–Kier alpha value is -1.84. The van der Waals surface area contributed by atoms with E-state index in [0.717, 1.165) is 17.3 Å². The molecule has 0 unspecified atom stereocenters. The number of carbonyl (C=O) groups is 1. The Kier molecular flexibility index (Phi) is 5.45. The van der Waals surface area contributed by atoms with Gasteiger partial charge in [-0.3, -0.25) is 4.79 Å². The number of benzene rings is 1. The number of thioether (sulfide) groups is 1. The van der Waals surface area contributed by atoms with Crippen LogP contribution >= 0.6 is 11.8 Å². The summed E-state index contributed by atoms with van der Waals surface area (Å²) in [5.74, 6) is 1.99. The van der Waals surface area contributed by atoms with Gasteiger partial charge in [-0.15, -0.1) is 0 Å². The number of nitrogens with zero attached hydrogens (tertiary/aromatic N) is 3. The lowest BCUT2D eigenvalue weighted by atomic mass is 10.2.